The number of hydrogen-bond acceptors (Lipinski definition) is 3. The summed E-state index contributed by atoms with van der Waals surface area (Å²) in [6.07, 6.45) is 7.75. The first-order chi connectivity index (χ1) is 11.1. The number of benzene rings is 1. The van der Waals surface area contributed by atoms with Gasteiger partial charge in [-0.15, -0.1) is 0 Å². The lowest BCUT2D eigenvalue weighted by Crippen LogP contribution is -2.25. The molecule has 0 aliphatic heterocycles. The molecule has 23 heavy (non-hydrogen) atoms. The molecule has 1 saturated carbocycles. The quantitative estimate of drug-likeness (QED) is 0.350. The number of thioether (sulfide) groups is 1. The number of alkyl halides is 2. The van der Waals surface area contributed by atoms with Gasteiger partial charge in [-0.2, -0.15) is 8.78 Å². The van der Waals surface area contributed by atoms with Gasteiger partial charge in [-0.1, -0.05) is 37.9 Å². The Kier molecular flexibility index (Phi) is 7.34. The van der Waals surface area contributed by atoms with Gasteiger partial charge < -0.3 is 4.74 Å². The van der Waals surface area contributed by atoms with Crippen LogP contribution in [0.2, 0.25) is 0 Å². The van der Waals surface area contributed by atoms with E-state index in [2.05, 4.69) is 6.92 Å². The molecule has 0 unspecified atom stereocenters. The maximum atomic E-state index is 12.3. The fraction of sp³-hybridized carbons (Fsp3) is 0.611. The Morgan fingerprint density at radius 3 is 2.43 bits per heavy atom. The van der Waals surface area contributed by atoms with E-state index in [0.29, 0.717) is 22.4 Å². The Balaban J connectivity index is 1.78. The van der Waals surface area contributed by atoms with Gasteiger partial charge in [0.1, 0.15) is 5.75 Å². The zero-order chi connectivity index (χ0) is 16.7. The molecule has 0 saturated heterocycles. The largest absolute Gasteiger partial charge is 0.426 e. The monoisotopic (exact) mass is 342 g/mol. The summed E-state index contributed by atoms with van der Waals surface area (Å²) in [5.74, 6) is -1.46. The average Bonchev–Trinajstić information content (AvgIpc) is 2.54. The number of rotatable bonds is 7. The lowest BCUT2D eigenvalue weighted by Gasteiger charge is -2.27. The van der Waals surface area contributed by atoms with Crippen molar-refractivity contribution in [2.75, 3.05) is 0 Å². The maximum Gasteiger partial charge on any atom is 0.314 e. The van der Waals surface area contributed by atoms with Crippen LogP contribution in [0.4, 0.5) is 8.78 Å². The average molecular weight is 342 g/mol. The summed E-state index contributed by atoms with van der Waals surface area (Å²) >= 11 is 0.487. The Labute approximate surface area is 141 Å². The van der Waals surface area contributed by atoms with Gasteiger partial charge >= 0.3 is 5.97 Å². The predicted octanol–water partition coefficient (Wildman–Crippen LogP) is 5.90. The van der Waals surface area contributed by atoms with Crippen LogP contribution in [0.3, 0.4) is 0 Å². The van der Waals surface area contributed by atoms with E-state index in [9.17, 15) is 13.6 Å². The molecule has 0 amide bonds. The number of carbonyl (C=O) groups is 1. The van der Waals surface area contributed by atoms with E-state index in [1.165, 1.54) is 19.3 Å². The Hall–Kier alpha value is -1.10. The maximum absolute atomic E-state index is 12.3. The van der Waals surface area contributed by atoms with Gasteiger partial charge in [0, 0.05) is 4.90 Å². The van der Waals surface area contributed by atoms with Crippen LogP contribution in [-0.2, 0) is 4.79 Å². The molecule has 0 N–H and O–H groups in total. The second kappa shape index (κ2) is 9.26. The first-order valence-electron chi connectivity index (χ1n) is 8.35. The van der Waals surface area contributed by atoms with Crippen LogP contribution in [0.15, 0.2) is 29.2 Å². The van der Waals surface area contributed by atoms with Crippen LogP contribution >= 0.6 is 11.8 Å². The van der Waals surface area contributed by atoms with Gasteiger partial charge in [-0.25, -0.2) is 0 Å². The van der Waals surface area contributed by atoms with Crippen molar-refractivity contribution < 1.29 is 18.3 Å². The highest BCUT2D eigenvalue weighted by Gasteiger charge is 2.27. The predicted molar refractivity (Wildman–Crippen MR) is 88.9 cm³/mol. The molecule has 1 aliphatic carbocycles. The molecule has 0 bridgehead atoms. The highest BCUT2D eigenvalue weighted by molar-refractivity contribution is 7.99. The van der Waals surface area contributed by atoms with Gasteiger partial charge in [0.05, 0.1) is 5.92 Å². The van der Waals surface area contributed by atoms with Crippen LogP contribution in [0, 0.1) is 11.8 Å². The van der Waals surface area contributed by atoms with Gasteiger partial charge in [0.15, 0.2) is 0 Å². The Morgan fingerprint density at radius 2 is 1.87 bits per heavy atom. The summed E-state index contributed by atoms with van der Waals surface area (Å²) in [6, 6.07) is 6.27. The van der Waals surface area contributed by atoms with Crippen molar-refractivity contribution in [3.63, 3.8) is 0 Å². The van der Waals surface area contributed by atoms with E-state index in [-0.39, 0.29) is 11.9 Å². The van der Waals surface area contributed by atoms with Crippen molar-refractivity contribution in [3.05, 3.63) is 24.3 Å². The van der Waals surface area contributed by atoms with Crippen LogP contribution in [0.5, 0.6) is 5.75 Å². The van der Waals surface area contributed by atoms with Crippen LogP contribution < -0.4 is 4.74 Å². The van der Waals surface area contributed by atoms with Gasteiger partial charge in [-0.05, 0) is 55.9 Å². The van der Waals surface area contributed by atoms with Crippen molar-refractivity contribution in [2.45, 2.75) is 62.5 Å². The lowest BCUT2D eigenvalue weighted by atomic mass is 9.80. The van der Waals surface area contributed by atoms with E-state index < -0.39 is 5.76 Å². The zero-order valence-corrected chi connectivity index (χ0v) is 14.3. The van der Waals surface area contributed by atoms with Crippen molar-refractivity contribution in [1.29, 1.82) is 0 Å². The van der Waals surface area contributed by atoms with Crippen molar-refractivity contribution in [3.8, 4) is 5.75 Å². The number of carbonyl (C=O) groups excluding carboxylic acids is 1. The molecule has 1 aliphatic rings. The summed E-state index contributed by atoms with van der Waals surface area (Å²) in [5, 5.41) is 0. The summed E-state index contributed by atoms with van der Waals surface area (Å²) in [4.78, 5) is 12.7. The van der Waals surface area contributed by atoms with Crippen LogP contribution in [-0.4, -0.2) is 11.7 Å². The highest BCUT2D eigenvalue weighted by atomic mass is 32.2. The molecular weight excluding hydrogens is 318 g/mol. The SMILES string of the molecule is CCCCC1CCC(C(=O)Oc2ccc(SC(F)F)cc2)CC1. The Morgan fingerprint density at radius 1 is 1.22 bits per heavy atom. The van der Waals surface area contributed by atoms with Gasteiger partial charge in [-0.3, -0.25) is 4.79 Å². The molecule has 0 heterocycles. The van der Waals surface area contributed by atoms with E-state index in [1.54, 1.807) is 24.3 Å². The minimum absolute atomic E-state index is 0.0250. The Bertz CT molecular complexity index is 482. The third kappa shape index (κ3) is 6.13. The van der Waals surface area contributed by atoms with E-state index in [1.807, 2.05) is 0 Å². The third-order valence-corrected chi connectivity index (χ3v) is 5.14. The number of ether oxygens (including phenoxy) is 1. The summed E-state index contributed by atoms with van der Waals surface area (Å²) in [6.45, 7) is 2.20. The third-order valence-electron chi connectivity index (χ3n) is 4.41. The first-order valence-corrected chi connectivity index (χ1v) is 9.23. The molecule has 0 spiro atoms. The molecule has 2 rings (SSSR count). The number of esters is 1. The molecule has 2 nitrogen and oxygen atoms in total. The first kappa shape index (κ1) is 18.2. The normalized spacial score (nSPS) is 21.4. The molecule has 0 aromatic heterocycles. The molecule has 128 valence electrons. The van der Waals surface area contributed by atoms with Gasteiger partial charge in [0.2, 0.25) is 0 Å². The fourth-order valence-corrected chi connectivity index (χ4v) is 3.57. The minimum atomic E-state index is -2.44. The van der Waals surface area contributed by atoms with E-state index >= 15 is 0 Å². The molecule has 0 atom stereocenters. The summed E-state index contributed by atoms with van der Waals surface area (Å²) in [7, 11) is 0. The van der Waals surface area contributed by atoms with Crippen molar-refractivity contribution >= 4 is 17.7 Å². The minimum Gasteiger partial charge on any atom is -0.426 e. The van der Waals surface area contributed by atoms with Crippen molar-refractivity contribution in [1.82, 2.24) is 0 Å². The number of unbranched alkanes of at least 4 members (excludes halogenated alkanes) is 1. The number of halogens is 2. The summed E-state index contributed by atoms with van der Waals surface area (Å²) < 4.78 is 29.9. The molecule has 1 fully saturated rings. The smallest absolute Gasteiger partial charge is 0.314 e. The topological polar surface area (TPSA) is 26.3 Å². The zero-order valence-electron chi connectivity index (χ0n) is 13.5. The summed E-state index contributed by atoms with van der Waals surface area (Å²) in [5.41, 5.74) is 0. The molecule has 1 aromatic carbocycles. The van der Waals surface area contributed by atoms with E-state index in [0.717, 1.165) is 31.6 Å². The van der Waals surface area contributed by atoms with Crippen LogP contribution in [0.1, 0.15) is 51.9 Å². The molecule has 5 heteroatoms. The van der Waals surface area contributed by atoms with Crippen molar-refractivity contribution in [2.24, 2.45) is 11.8 Å². The lowest BCUT2D eigenvalue weighted by molar-refractivity contribution is -0.140. The standard InChI is InChI=1S/C18H24F2O2S/c1-2-3-4-13-5-7-14(8-6-13)17(21)22-15-9-11-16(12-10-15)23-18(19)20/h9-14,18H,2-8H2,1H3. The second-order valence-corrected chi connectivity index (χ2v) is 7.19. The molecular formula is C18H24F2O2S. The van der Waals surface area contributed by atoms with Crippen LogP contribution in [0.25, 0.3) is 0 Å². The highest BCUT2D eigenvalue weighted by Crippen LogP contribution is 2.33. The number of hydrogen-bond donors (Lipinski definition) is 0. The van der Waals surface area contributed by atoms with Gasteiger partial charge in [0.25, 0.3) is 5.76 Å². The second-order valence-electron chi connectivity index (χ2n) is 6.13. The molecule has 0 radical (unpaired) electrons. The van der Waals surface area contributed by atoms with E-state index in [4.69, 9.17) is 4.74 Å². The fourth-order valence-electron chi connectivity index (χ4n) is 3.07. The molecule has 1 aromatic rings.